The van der Waals surface area contributed by atoms with Crippen LogP contribution in [0.4, 0.5) is 11.4 Å². The van der Waals surface area contributed by atoms with Gasteiger partial charge in [0.05, 0.1) is 0 Å². The van der Waals surface area contributed by atoms with Crippen LogP contribution in [0.15, 0.2) is 84.9 Å². The molecule has 0 bridgehead atoms. The molecule has 0 spiro atoms. The van der Waals surface area contributed by atoms with Crippen molar-refractivity contribution >= 4 is 11.4 Å². The Bertz CT molecular complexity index is 1730. The van der Waals surface area contributed by atoms with Gasteiger partial charge in [0.2, 0.25) is 0 Å². The SMILES string of the molecule is [2H]C1(c2ccc(-c3ccccc3)cc2N(c2cc3c(cc2C2([2H])CCCCC2)C(C)(C)c2ccccc2-3)C(C)(C)C)CCCCC1. The van der Waals surface area contributed by atoms with Gasteiger partial charge in [0.1, 0.15) is 0 Å². The summed E-state index contributed by atoms with van der Waals surface area (Å²) < 4.78 is 20.0. The maximum atomic E-state index is 10.1. The molecule has 4 aromatic rings. The molecule has 3 aliphatic rings. The van der Waals surface area contributed by atoms with E-state index >= 15 is 0 Å². The third kappa shape index (κ3) is 5.21. The molecule has 0 radical (unpaired) electrons. The number of nitrogens with zero attached hydrogens (tertiary/aromatic N) is 1. The Kier molecular flexibility index (Phi) is 7.10. The van der Waals surface area contributed by atoms with Crippen molar-refractivity contribution < 1.29 is 2.74 Å². The van der Waals surface area contributed by atoms with E-state index in [1.807, 2.05) is 0 Å². The first kappa shape index (κ1) is 27.0. The Morgan fingerprint density at radius 1 is 0.591 bits per heavy atom. The lowest BCUT2D eigenvalue weighted by Gasteiger charge is -2.43. The summed E-state index contributed by atoms with van der Waals surface area (Å²) in [6.07, 6.45) is 10.4. The van der Waals surface area contributed by atoms with Gasteiger partial charge in [-0.3, -0.25) is 0 Å². The van der Waals surface area contributed by atoms with Crippen molar-refractivity contribution in [3.63, 3.8) is 0 Å². The van der Waals surface area contributed by atoms with Gasteiger partial charge in [-0.1, -0.05) is 125 Å². The zero-order valence-electron chi connectivity index (χ0n) is 29.6. The number of rotatable bonds is 5. The van der Waals surface area contributed by atoms with Crippen LogP contribution in [0.2, 0.25) is 0 Å². The fourth-order valence-corrected chi connectivity index (χ4v) is 8.38. The van der Waals surface area contributed by atoms with Gasteiger partial charge in [0.25, 0.3) is 0 Å². The Hall–Kier alpha value is -3.32. The van der Waals surface area contributed by atoms with E-state index in [4.69, 9.17) is 0 Å². The highest BCUT2D eigenvalue weighted by molar-refractivity contribution is 5.87. The van der Waals surface area contributed by atoms with Crippen LogP contribution in [-0.4, -0.2) is 5.54 Å². The van der Waals surface area contributed by atoms with Crippen LogP contribution in [0.25, 0.3) is 22.3 Å². The summed E-state index contributed by atoms with van der Waals surface area (Å²) in [6.45, 7) is 11.7. The molecule has 0 amide bonds. The number of hydrogen-bond donors (Lipinski definition) is 0. The van der Waals surface area contributed by atoms with Crippen LogP contribution in [0.1, 0.15) is 136 Å². The first-order valence-corrected chi connectivity index (χ1v) is 17.2. The van der Waals surface area contributed by atoms with Gasteiger partial charge in [-0.15, -0.1) is 0 Å². The summed E-state index contributed by atoms with van der Waals surface area (Å²) >= 11 is 0. The molecule has 44 heavy (non-hydrogen) atoms. The Labute approximate surface area is 269 Å². The average molecular weight is 584 g/mol. The lowest BCUT2D eigenvalue weighted by molar-refractivity contribution is 0.438. The number of fused-ring (bicyclic) bond motifs is 3. The van der Waals surface area contributed by atoms with Gasteiger partial charge < -0.3 is 4.90 Å². The standard InChI is InChI=1S/C43H51N/c1-42(2,3)44(40-27-33(30-17-9-6-10-18-30)25-26-34(40)31-19-11-7-12-20-31)41-29-37-35-23-15-16-24-38(35)43(4,5)39(37)28-36(41)32-21-13-8-14-22-32/h6,9-10,15-18,23-29,31-32H,7-8,11-14,19-22H2,1-5H3/i31D,32D. The largest absolute Gasteiger partial charge is 0.336 e. The molecule has 228 valence electrons. The van der Waals surface area contributed by atoms with Crippen LogP contribution >= 0.6 is 0 Å². The quantitative estimate of drug-likeness (QED) is 0.226. The molecule has 0 atom stereocenters. The van der Waals surface area contributed by atoms with Crippen molar-refractivity contribution in [2.75, 3.05) is 4.90 Å². The van der Waals surface area contributed by atoms with Gasteiger partial charge in [0.15, 0.2) is 0 Å². The van der Waals surface area contributed by atoms with Crippen molar-refractivity contribution in [1.29, 1.82) is 0 Å². The fraction of sp³-hybridized carbons (Fsp3) is 0.442. The predicted molar refractivity (Wildman–Crippen MR) is 189 cm³/mol. The van der Waals surface area contributed by atoms with Gasteiger partial charge in [-0.25, -0.2) is 0 Å². The second-order valence-electron chi connectivity index (χ2n) is 15.0. The zero-order chi connectivity index (χ0) is 32.3. The fourth-order valence-electron chi connectivity index (χ4n) is 8.38. The predicted octanol–water partition coefficient (Wildman–Crippen LogP) is 12.7. The molecular formula is C43H51N. The molecular weight excluding hydrogens is 530 g/mol. The summed E-state index contributed by atoms with van der Waals surface area (Å²) in [5.74, 6) is -1.26. The molecule has 0 heterocycles. The van der Waals surface area contributed by atoms with E-state index in [0.29, 0.717) is 0 Å². The molecule has 3 aliphatic carbocycles. The van der Waals surface area contributed by atoms with Crippen LogP contribution in [0.3, 0.4) is 0 Å². The highest BCUT2D eigenvalue weighted by atomic mass is 15.2. The lowest BCUT2D eigenvalue weighted by Crippen LogP contribution is -2.39. The molecule has 0 N–H and O–H groups in total. The summed E-state index contributed by atoms with van der Waals surface area (Å²) in [4.78, 5) is 2.55. The van der Waals surface area contributed by atoms with Crippen molar-refractivity contribution in [3.8, 4) is 22.3 Å². The minimum Gasteiger partial charge on any atom is -0.336 e. The van der Waals surface area contributed by atoms with Crippen molar-refractivity contribution in [1.82, 2.24) is 0 Å². The number of anilines is 2. The third-order valence-electron chi connectivity index (χ3n) is 10.6. The third-order valence-corrected chi connectivity index (χ3v) is 10.6. The highest BCUT2D eigenvalue weighted by Crippen LogP contribution is 2.54. The van der Waals surface area contributed by atoms with Gasteiger partial charge in [-0.05, 0) is 115 Å². The summed E-state index contributed by atoms with van der Waals surface area (Å²) in [5.41, 5.74) is 11.9. The van der Waals surface area contributed by atoms with Crippen LogP contribution in [0, 0.1) is 0 Å². The van der Waals surface area contributed by atoms with E-state index in [-0.39, 0.29) is 11.0 Å². The summed E-state index contributed by atoms with van der Waals surface area (Å²) in [6, 6.07) is 31.4. The maximum absolute atomic E-state index is 10.1. The van der Waals surface area contributed by atoms with Gasteiger partial charge >= 0.3 is 0 Å². The molecule has 1 nitrogen and oxygen atoms in total. The Morgan fingerprint density at radius 2 is 1.18 bits per heavy atom. The van der Waals surface area contributed by atoms with Crippen LogP contribution < -0.4 is 4.90 Å². The van der Waals surface area contributed by atoms with Crippen molar-refractivity contribution in [3.05, 3.63) is 107 Å². The van der Waals surface area contributed by atoms with E-state index in [2.05, 4.69) is 124 Å². The molecule has 0 saturated heterocycles. The second kappa shape index (κ2) is 11.6. The van der Waals surface area contributed by atoms with Crippen LogP contribution in [0.5, 0.6) is 0 Å². The van der Waals surface area contributed by atoms with Crippen molar-refractivity contribution in [2.45, 2.75) is 122 Å². The molecule has 2 fully saturated rings. The van der Waals surface area contributed by atoms with Gasteiger partial charge in [0, 0.05) is 25.1 Å². The summed E-state index contributed by atoms with van der Waals surface area (Å²) in [5, 5.41) is 0. The number of hydrogen-bond acceptors (Lipinski definition) is 1. The molecule has 0 aliphatic heterocycles. The van der Waals surface area contributed by atoms with E-state index in [9.17, 15) is 2.74 Å². The topological polar surface area (TPSA) is 3.24 Å². The number of benzene rings is 4. The summed E-state index contributed by atoms with van der Waals surface area (Å²) in [7, 11) is 0. The normalized spacial score (nSPS) is 20.7. The first-order valence-electron chi connectivity index (χ1n) is 18.2. The van der Waals surface area contributed by atoms with E-state index in [0.717, 1.165) is 68.3 Å². The molecule has 1 heteroatoms. The van der Waals surface area contributed by atoms with E-state index in [1.54, 1.807) is 0 Å². The smallest absolute Gasteiger partial charge is 0.0457 e. The maximum Gasteiger partial charge on any atom is 0.0457 e. The van der Waals surface area contributed by atoms with Crippen molar-refractivity contribution in [2.24, 2.45) is 0 Å². The average Bonchev–Trinajstić information content (AvgIpc) is 3.27. The molecule has 4 aromatic carbocycles. The molecule has 0 unspecified atom stereocenters. The molecule has 2 saturated carbocycles. The zero-order valence-corrected chi connectivity index (χ0v) is 27.6. The van der Waals surface area contributed by atoms with E-state index < -0.39 is 11.8 Å². The Balaban J connectivity index is 1.54. The first-order chi connectivity index (χ1) is 21.9. The second-order valence-corrected chi connectivity index (χ2v) is 15.0. The van der Waals surface area contributed by atoms with E-state index in [1.165, 1.54) is 51.8 Å². The van der Waals surface area contributed by atoms with Crippen LogP contribution in [-0.2, 0) is 5.41 Å². The lowest BCUT2D eigenvalue weighted by atomic mass is 9.77. The van der Waals surface area contributed by atoms with Gasteiger partial charge in [-0.2, -0.15) is 0 Å². The highest BCUT2D eigenvalue weighted by Gasteiger charge is 2.39. The molecule has 7 rings (SSSR count). The molecule has 0 aromatic heterocycles. The minimum atomic E-state index is -0.641. The Morgan fingerprint density at radius 3 is 1.84 bits per heavy atom. The monoisotopic (exact) mass is 583 g/mol. The minimum absolute atomic E-state index is 0.123.